The summed E-state index contributed by atoms with van der Waals surface area (Å²) in [7, 11) is 0. The number of nitrogens with one attached hydrogen (secondary N) is 1. The second-order valence-electron chi connectivity index (χ2n) is 5.14. The maximum atomic E-state index is 11.9. The van der Waals surface area contributed by atoms with E-state index in [1.807, 2.05) is 13.8 Å². The third-order valence-electron chi connectivity index (χ3n) is 2.83. The van der Waals surface area contributed by atoms with E-state index in [0.717, 1.165) is 0 Å². The maximum Gasteiger partial charge on any atom is 0.287 e. The molecule has 2 N–H and O–H groups in total. The predicted octanol–water partition coefficient (Wildman–Crippen LogP) is 1.90. The minimum atomic E-state index is -0.341. The van der Waals surface area contributed by atoms with Gasteiger partial charge in [0.05, 0.1) is 18.4 Å². The number of aliphatic hydroxyl groups is 1. The van der Waals surface area contributed by atoms with E-state index in [4.69, 9.17) is 16.7 Å². The summed E-state index contributed by atoms with van der Waals surface area (Å²) in [5.74, 6) is 0. The average Bonchev–Trinajstić information content (AvgIpc) is 2.34. The highest BCUT2D eigenvalue weighted by Crippen LogP contribution is 2.22. The van der Waals surface area contributed by atoms with Crippen LogP contribution in [0.15, 0.2) is 23.6 Å². The highest BCUT2D eigenvalue weighted by Gasteiger charge is 2.18. The van der Waals surface area contributed by atoms with Crippen LogP contribution in [0.5, 0.6) is 0 Å². The van der Waals surface area contributed by atoms with E-state index in [2.05, 4.69) is 17.0 Å². The Morgan fingerprint density at radius 2 is 2.32 bits per heavy atom. The van der Waals surface area contributed by atoms with Crippen molar-refractivity contribution in [2.24, 2.45) is 5.41 Å². The van der Waals surface area contributed by atoms with Crippen LogP contribution in [0, 0.1) is 5.41 Å². The van der Waals surface area contributed by atoms with Crippen LogP contribution < -0.4 is 10.9 Å². The molecule has 0 saturated heterocycles. The lowest BCUT2D eigenvalue weighted by Crippen LogP contribution is -2.27. The molecule has 1 aromatic rings. The van der Waals surface area contributed by atoms with Gasteiger partial charge in [-0.3, -0.25) is 4.79 Å². The van der Waals surface area contributed by atoms with Crippen molar-refractivity contribution in [1.82, 2.24) is 9.78 Å². The molecule has 0 aliphatic carbocycles. The van der Waals surface area contributed by atoms with Crippen molar-refractivity contribution in [2.75, 3.05) is 18.5 Å². The molecule has 1 rings (SSSR count). The molecule has 0 spiro atoms. The van der Waals surface area contributed by atoms with Gasteiger partial charge in [0.25, 0.3) is 5.56 Å². The van der Waals surface area contributed by atoms with Gasteiger partial charge in [0.1, 0.15) is 5.02 Å². The largest absolute Gasteiger partial charge is 0.396 e. The SMILES string of the molecule is C=CCn1ncc(NCC(C)(C)CCO)c(Cl)c1=O. The Balaban J connectivity index is 2.83. The Hall–Kier alpha value is -1.33. The van der Waals surface area contributed by atoms with E-state index in [1.165, 1.54) is 10.9 Å². The number of hydrogen-bond acceptors (Lipinski definition) is 4. The molecule has 0 amide bonds. The van der Waals surface area contributed by atoms with Crippen molar-refractivity contribution in [3.63, 3.8) is 0 Å². The molecule has 0 saturated carbocycles. The zero-order chi connectivity index (χ0) is 14.5. The van der Waals surface area contributed by atoms with Crippen LogP contribution in [0.3, 0.4) is 0 Å². The van der Waals surface area contributed by atoms with Gasteiger partial charge in [-0.05, 0) is 11.8 Å². The van der Waals surface area contributed by atoms with E-state index in [-0.39, 0.29) is 22.6 Å². The van der Waals surface area contributed by atoms with Crippen LogP contribution in [-0.4, -0.2) is 28.0 Å². The summed E-state index contributed by atoms with van der Waals surface area (Å²) in [5.41, 5.74) is 0.0816. The number of allylic oxidation sites excluding steroid dienone is 1. The molecule has 5 nitrogen and oxygen atoms in total. The van der Waals surface area contributed by atoms with Crippen LogP contribution in [0.1, 0.15) is 20.3 Å². The van der Waals surface area contributed by atoms with Crippen LogP contribution in [0.4, 0.5) is 5.69 Å². The van der Waals surface area contributed by atoms with Crippen LogP contribution in [-0.2, 0) is 6.54 Å². The van der Waals surface area contributed by atoms with Gasteiger partial charge < -0.3 is 10.4 Å². The van der Waals surface area contributed by atoms with E-state index in [1.54, 1.807) is 6.08 Å². The van der Waals surface area contributed by atoms with Gasteiger partial charge in [-0.25, -0.2) is 4.68 Å². The fraction of sp³-hybridized carbons (Fsp3) is 0.538. The number of aromatic nitrogens is 2. The number of anilines is 1. The lowest BCUT2D eigenvalue weighted by Gasteiger charge is -2.24. The van der Waals surface area contributed by atoms with Crippen LogP contribution in [0.2, 0.25) is 5.02 Å². The van der Waals surface area contributed by atoms with Gasteiger partial charge in [0, 0.05) is 13.2 Å². The molecule has 6 heteroatoms. The summed E-state index contributed by atoms with van der Waals surface area (Å²) in [6.45, 7) is 8.66. The van der Waals surface area contributed by atoms with Crippen molar-refractivity contribution in [3.05, 3.63) is 34.2 Å². The topological polar surface area (TPSA) is 67.2 Å². The predicted molar refractivity (Wildman–Crippen MR) is 77.7 cm³/mol. The van der Waals surface area contributed by atoms with Gasteiger partial charge in [0.15, 0.2) is 0 Å². The Morgan fingerprint density at radius 1 is 1.63 bits per heavy atom. The second kappa shape index (κ2) is 6.73. The molecule has 0 aliphatic rings. The van der Waals surface area contributed by atoms with Crippen molar-refractivity contribution in [2.45, 2.75) is 26.8 Å². The third-order valence-corrected chi connectivity index (χ3v) is 3.20. The number of nitrogens with zero attached hydrogens (tertiary/aromatic N) is 2. The summed E-state index contributed by atoms with van der Waals surface area (Å²) in [6.07, 6.45) is 3.78. The first-order valence-corrected chi connectivity index (χ1v) is 6.50. The summed E-state index contributed by atoms with van der Waals surface area (Å²) in [5, 5.41) is 16.2. The molecule has 19 heavy (non-hydrogen) atoms. The first-order chi connectivity index (χ1) is 8.91. The summed E-state index contributed by atoms with van der Waals surface area (Å²) >= 11 is 6.02. The zero-order valence-electron chi connectivity index (χ0n) is 11.3. The van der Waals surface area contributed by atoms with E-state index >= 15 is 0 Å². The standard InChI is InChI=1S/C13H20ClN3O2/c1-4-6-17-12(19)11(14)10(8-16-17)15-9-13(2,3)5-7-18/h4,8,15,18H,1,5-7,9H2,2-3H3. The fourth-order valence-corrected chi connectivity index (χ4v) is 1.78. The molecule has 0 atom stereocenters. The molecule has 0 aliphatic heterocycles. The monoisotopic (exact) mass is 285 g/mol. The van der Waals surface area contributed by atoms with E-state index < -0.39 is 0 Å². The molecule has 106 valence electrons. The quantitative estimate of drug-likeness (QED) is 0.751. The Morgan fingerprint density at radius 3 is 2.89 bits per heavy atom. The Kier molecular flexibility index (Phi) is 5.57. The van der Waals surface area contributed by atoms with Crippen molar-refractivity contribution in [1.29, 1.82) is 0 Å². The lowest BCUT2D eigenvalue weighted by atomic mass is 9.90. The van der Waals surface area contributed by atoms with Crippen LogP contribution in [0.25, 0.3) is 0 Å². The van der Waals surface area contributed by atoms with E-state index in [0.29, 0.717) is 25.2 Å². The first kappa shape index (κ1) is 15.7. The molecule has 0 radical (unpaired) electrons. The zero-order valence-corrected chi connectivity index (χ0v) is 12.1. The van der Waals surface area contributed by atoms with Gasteiger partial charge in [-0.15, -0.1) is 6.58 Å². The van der Waals surface area contributed by atoms with Gasteiger partial charge >= 0.3 is 0 Å². The minimum Gasteiger partial charge on any atom is -0.396 e. The molecule has 0 aromatic carbocycles. The number of halogens is 1. The Bertz CT molecular complexity index is 497. The third kappa shape index (κ3) is 4.36. The maximum absolute atomic E-state index is 11.9. The summed E-state index contributed by atoms with van der Waals surface area (Å²) < 4.78 is 1.25. The fourth-order valence-electron chi connectivity index (χ4n) is 1.57. The number of rotatable bonds is 7. The number of hydrogen-bond donors (Lipinski definition) is 2. The molecular weight excluding hydrogens is 266 g/mol. The van der Waals surface area contributed by atoms with Crippen molar-refractivity contribution >= 4 is 17.3 Å². The molecule has 1 heterocycles. The first-order valence-electron chi connectivity index (χ1n) is 6.12. The summed E-state index contributed by atoms with van der Waals surface area (Å²) in [4.78, 5) is 11.9. The average molecular weight is 286 g/mol. The van der Waals surface area contributed by atoms with Gasteiger partial charge in [0.2, 0.25) is 0 Å². The summed E-state index contributed by atoms with van der Waals surface area (Å²) in [6, 6.07) is 0. The van der Waals surface area contributed by atoms with Gasteiger partial charge in [-0.1, -0.05) is 31.5 Å². The van der Waals surface area contributed by atoms with Crippen molar-refractivity contribution < 1.29 is 5.11 Å². The molecule has 0 bridgehead atoms. The molecular formula is C13H20ClN3O2. The molecule has 1 aromatic heterocycles. The van der Waals surface area contributed by atoms with Gasteiger partial charge in [-0.2, -0.15) is 5.10 Å². The smallest absolute Gasteiger partial charge is 0.287 e. The second-order valence-corrected chi connectivity index (χ2v) is 5.52. The van der Waals surface area contributed by atoms with Crippen LogP contribution >= 0.6 is 11.6 Å². The normalized spacial score (nSPS) is 11.4. The molecule has 0 unspecified atom stereocenters. The molecule has 0 fully saturated rings. The lowest BCUT2D eigenvalue weighted by molar-refractivity contribution is 0.220. The van der Waals surface area contributed by atoms with E-state index in [9.17, 15) is 4.79 Å². The highest BCUT2D eigenvalue weighted by atomic mass is 35.5. The Labute approximate surface area is 117 Å². The highest BCUT2D eigenvalue weighted by molar-refractivity contribution is 6.32. The number of aliphatic hydroxyl groups excluding tert-OH is 1. The minimum absolute atomic E-state index is 0.0892. The van der Waals surface area contributed by atoms with Crippen molar-refractivity contribution in [3.8, 4) is 0 Å².